The van der Waals surface area contributed by atoms with Gasteiger partial charge in [0.25, 0.3) is 11.8 Å². The highest BCUT2D eigenvalue weighted by atomic mass is 32.2. The molecule has 0 radical (unpaired) electrons. The molecule has 1 aliphatic carbocycles. The van der Waals surface area contributed by atoms with Crippen molar-refractivity contribution in [1.29, 1.82) is 0 Å². The summed E-state index contributed by atoms with van der Waals surface area (Å²) < 4.78 is 23.7. The highest BCUT2D eigenvalue weighted by molar-refractivity contribution is 7.94. The van der Waals surface area contributed by atoms with Crippen molar-refractivity contribution in [3.8, 4) is 0 Å². The van der Waals surface area contributed by atoms with Crippen molar-refractivity contribution in [2.24, 2.45) is 5.92 Å². The Hall–Kier alpha value is -1.67. The maximum Gasteiger partial charge on any atom is 0.261 e. The maximum atomic E-state index is 12.9. The van der Waals surface area contributed by atoms with Crippen LogP contribution in [-0.2, 0) is 27.5 Å². The van der Waals surface area contributed by atoms with E-state index in [2.05, 4.69) is 18.3 Å². The molecule has 2 atom stereocenters. The average molecular weight is 479 g/mol. The molecule has 4 rings (SSSR count). The van der Waals surface area contributed by atoms with Gasteiger partial charge < -0.3 is 10.2 Å². The van der Waals surface area contributed by atoms with Gasteiger partial charge in [-0.25, -0.2) is 8.42 Å². The van der Waals surface area contributed by atoms with Gasteiger partial charge in [0.2, 0.25) is 0 Å². The monoisotopic (exact) mass is 478 g/mol. The first-order valence-electron chi connectivity index (χ1n) is 12.0. The number of thiophene rings is 1. The van der Waals surface area contributed by atoms with Crippen molar-refractivity contribution in [2.45, 2.75) is 77.2 Å². The summed E-state index contributed by atoms with van der Waals surface area (Å²) in [6.45, 7) is 3.52. The Morgan fingerprint density at radius 2 is 2.06 bits per heavy atom. The van der Waals surface area contributed by atoms with E-state index in [-0.39, 0.29) is 23.6 Å². The number of hydrogen-bond acceptors (Lipinski definition) is 5. The van der Waals surface area contributed by atoms with Crippen molar-refractivity contribution in [3.05, 3.63) is 32.4 Å². The normalized spacial score (nSPS) is 24.7. The Bertz CT molecular complexity index is 996. The summed E-state index contributed by atoms with van der Waals surface area (Å²) in [6, 6.07) is 2.21. The lowest BCUT2D eigenvalue weighted by molar-refractivity contribution is -0.128. The van der Waals surface area contributed by atoms with E-state index >= 15 is 0 Å². The molecule has 2 aliphatic heterocycles. The molecule has 32 heavy (non-hydrogen) atoms. The summed E-state index contributed by atoms with van der Waals surface area (Å²) in [5.74, 6) is 0.776. The maximum absolute atomic E-state index is 12.9. The van der Waals surface area contributed by atoms with Gasteiger partial charge in [-0.2, -0.15) is 0 Å². The highest BCUT2D eigenvalue weighted by Crippen LogP contribution is 2.33. The van der Waals surface area contributed by atoms with Gasteiger partial charge in [0.15, 0.2) is 9.84 Å². The number of rotatable bonds is 7. The predicted octanol–water partition coefficient (Wildman–Crippen LogP) is 3.86. The fourth-order valence-corrected chi connectivity index (χ4v) is 7.67. The van der Waals surface area contributed by atoms with Gasteiger partial charge in [0, 0.05) is 35.0 Å². The minimum absolute atomic E-state index is 0.00868. The minimum atomic E-state index is -3.24. The largest absolute Gasteiger partial charge is 0.351 e. The number of fused-ring (bicyclic) bond motifs is 1. The van der Waals surface area contributed by atoms with Crippen LogP contribution in [0.1, 0.15) is 78.4 Å². The molecule has 1 aromatic rings. The van der Waals surface area contributed by atoms with Gasteiger partial charge in [-0.05, 0) is 75.3 Å². The molecule has 8 heteroatoms. The molecule has 1 saturated heterocycles. The first-order valence-corrected chi connectivity index (χ1v) is 14.5. The molecule has 2 unspecified atom stereocenters. The molecule has 176 valence electrons. The summed E-state index contributed by atoms with van der Waals surface area (Å²) in [7, 11) is -3.24. The van der Waals surface area contributed by atoms with E-state index in [9.17, 15) is 18.0 Å². The lowest BCUT2D eigenvalue weighted by Gasteiger charge is -2.27. The summed E-state index contributed by atoms with van der Waals surface area (Å²) in [6.07, 6.45) is 9.20. The van der Waals surface area contributed by atoms with E-state index in [1.54, 1.807) is 11.3 Å². The van der Waals surface area contributed by atoms with E-state index in [1.807, 2.05) is 4.90 Å². The quantitative estimate of drug-likeness (QED) is 0.603. The number of sulfone groups is 1. The Morgan fingerprint density at radius 3 is 2.84 bits per heavy atom. The van der Waals surface area contributed by atoms with Crippen LogP contribution in [0.3, 0.4) is 0 Å². The fraction of sp³-hybridized carbons (Fsp3) is 0.667. The van der Waals surface area contributed by atoms with Crippen molar-refractivity contribution in [2.75, 3.05) is 18.8 Å². The molecule has 1 aromatic heterocycles. The summed E-state index contributed by atoms with van der Waals surface area (Å²) in [5, 5.41) is 4.25. The number of nitrogens with zero attached hydrogens (tertiary/aromatic N) is 1. The highest BCUT2D eigenvalue weighted by Gasteiger charge is 2.32. The van der Waals surface area contributed by atoms with Crippen molar-refractivity contribution >= 4 is 33.0 Å². The SMILES string of the molecule is CCC1CCc2sc(C(=O)NCCCC3CCCN3C(=O)C3=CS(=O)(=O)CCC3)cc2C1. The zero-order valence-electron chi connectivity index (χ0n) is 18.9. The number of hydrogen-bond donors (Lipinski definition) is 1. The van der Waals surface area contributed by atoms with Gasteiger partial charge >= 0.3 is 0 Å². The molecule has 0 spiro atoms. The van der Waals surface area contributed by atoms with E-state index in [0.29, 0.717) is 31.5 Å². The van der Waals surface area contributed by atoms with Gasteiger partial charge in [-0.15, -0.1) is 11.3 Å². The molecule has 3 heterocycles. The number of carbonyl (C=O) groups is 2. The predicted molar refractivity (Wildman–Crippen MR) is 128 cm³/mol. The van der Waals surface area contributed by atoms with Crippen LogP contribution in [0.4, 0.5) is 0 Å². The molecule has 0 bridgehead atoms. The molecule has 1 N–H and O–H groups in total. The lowest BCUT2D eigenvalue weighted by Crippen LogP contribution is -2.37. The summed E-state index contributed by atoms with van der Waals surface area (Å²) in [4.78, 5) is 29.6. The van der Waals surface area contributed by atoms with Crippen molar-refractivity contribution in [1.82, 2.24) is 10.2 Å². The number of carbonyl (C=O) groups excluding carboxylic acids is 2. The second kappa shape index (κ2) is 10.1. The number of nitrogens with one attached hydrogen (secondary N) is 1. The van der Waals surface area contributed by atoms with E-state index in [4.69, 9.17) is 0 Å². The number of amides is 2. The topological polar surface area (TPSA) is 83.6 Å². The van der Waals surface area contributed by atoms with Crippen molar-refractivity contribution < 1.29 is 18.0 Å². The molecule has 0 aromatic carbocycles. The smallest absolute Gasteiger partial charge is 0.261 e. The lowest BCUT2D eigenvalue weighted by atomic mass is 9.87. The first kappa shape index (κ1) is 23.5. The zero-order valence-corrected chi connectivity index (χ0v) is 20.5. The van der Waals surface area contributed by atoms with Crippen LogP contribution < -0.4 is 5.32 Å². The van der Waals surface area contributed by atoms with Crippen LogP contribution in [-0.4, -0.2) is 50.0 Å². The molecule has 6 nitrogen and oxygen atoms in total. The average Bonchev–Trinajstić information content (AvgIpc) is 3.41. The summed E-state index contributed by atoms with van der Waals surface area (Å²) in [5.41, 5.74) is 1.79. The van der Waals surface area contributed by atoms with Gasteiger partial charge in [-0.1, -0.05) is 13.3 Å². The minimum Gasteiger partial charge on any atom is -0.351 e. The number of aryl methyl sites for hydroxylation is 1. The Kier molecular flexibility index (Phi) is 7.40. The third-order valence-electron chi connectivity index (χ3n) is 7.10. The second-order valence-corrected chi connectivity index (χ2v) is 12.5. The standard InChI is InChI=1S/C24H34N2O4S2/c1-2-17-9-10-21-19(14-17)15-22(31-21)23(27)25-11-3-7-20-8-4-12-26(20)24(28)18-6-5-13-32(29,30)16-18/h15-17,20H,2-14H2,1H3,(H,25,27). The molecular weight excluding hydrogens is 444 g/mol. The fourth-order valence-electron chi connectivity index (χ4n) is 5.23. The van der Waals surface area contributed by atoms with Crippen LogP contribution in [0.5, 0.6) is 0 Å². The third-order valence-corrected chi connectivity index (χ3v) is 9.83. The Labute approximate surface area is 195 Å². The van der Waals surface area contributed by atoms with Gasteiger partial charge in [0.05, 0.1) is 10.6 Å². The molecule has 1 fully saturated rings. The summed E-state index contributed by atoms with van der Waals surface area (Å²) >= 11 is 1.64. The zero-order chi connectivity index (χ0) is 22.7. The van der Waals surface area contributed by atoms with Gasteiger partial charge in [-0.3, -0.25) is 9.59 Å². The molecular formula is C24H34N2O4S2. The van der Waals surface area contributed by atoms with Crippen LogP contribution in [0.2, 0.25) is 0 Å². The Balaban J connectivity index is 1.25. The van der Waals surface area contributed by atoms with Crippen LogP contribution in [0, 0.1) is 5.92 Å². The van der Waals surface area contributed by atoms with E-state index < -0.39 is 9.84 Å². The van der Waals surface area contributed by atoms with Crippen LogP contribution in [0.15, 0.2) is 17.0 Å². The van der Waals surface area contributed by atoms with Crippen LogP contribution in [0.25, 0.3) is 0 Å². The van der Waals surface area contributed by atoms with Crippen LogP contribution >= 0.6 is 11.3 Å². The third kappa shape index (κ3) is 5.45. The van der Waals surface area contributed by atoms with Crippen molar-refractivity contribution in [3.63, 3.8) is 0 Å². The second-order valence-electron chi connectivity index (χ2n) is 9.38. The number of likely N-dealkylation sites (tertiary alicyclic amines) is 1. The first-order chi connectivity index (χ1) is 15.4. The van der Waals surface area contributed by atoms with E-state index in [1.165, 1.54) is 28.7 Å². The van der Waals surface area contributed by atoms with E-state index in [0.717, 1.165) is 49.3 Å². The van der Waals surface area contributed by atoms with Gasteiger partial charge in [0.1, 0.15) is 0 Å². The molecule has 0 saturated carbocycles. The Morgan fingerprint density at radius 1 is 1.22 bits per heavy atom. The molecule has 2 amide bonds. The molecule has 3 aliphatic rings.